The molecule has 0 radical (unpaired) electrons. The van der Waals surface area contributed by atoms with Gasteiger partial charge in [-0.1, -0.05) is 0 Å². The molecular formula is C13H20N8O3S. The molecule has 0 aliphatic carbocycles. The molecule has 1 amide bonds. The third-order valence-corrected chi connectivity index (χ3v) is 5.28. The van der Waals surface area contributed by atoms with Crippen molar-refractivity contribution in [2.24, 2.45) is 5.14 Å². The number of anilines is 1. The Bertz CT molecular complexity index is 873. The molecule has 0 bridgehead atoms. The fourth-order valence-electron chi connectivity index (χ4n) is 2.88. The number of aromatic nitrogens is 4. The summed E-state index contributed by atoms with van der Waals surface area (Å²) in [6.07, 6.45) is 4.24. The SMILES string of the molecule is Nc1ncnc2ncn(CCC(=O)NC3CCN(S(N)(=O)=O)CC3)c12. The second-order valence-electron chi connectivity index (χ2n) is 5.90. The van der Waals surface area contributed by atoms with Gasteiger partial charge in [0.05, 0.1) is 6.33 Å². The molecule has 0 saturated carbocycles. The first kappa shape index (κ1) is 17.5. The van der Waals surface area contributed by atoms with E-state index in [0.717, 1.165) is 0 Å². The number of nitrogens with one attached hydrogen (secondary N) is 1. The Labute approximate surface area is 144 Å². The van der Waals surface area contributed by atoms with Crippen molar-refractivity contribution < 1.29 is 13.2 Å². The Morgan fingerprint density at radius 3 is 2.68 bits per heavy atom. The maximum atomic E-state index is 12.1. The van der Waals surface area contributed by atoms with Crippen LogP contribution in [0.3, 0.4) is 0 Å². The van der Waals surface area contributed by atoms with Gasteiger partial charge in [-0.25, -0.2) is 20.1 Å². The molecule has 25 heavy (non-hydrogen) atoms. The zero-order chi connectivity index (χ0) is 18.0. The lowest BCUT2D eigenvalue weighted by atomic mass is 10.1. The van der Waals surface area contributed by atoms with E-state index in [9.17, 15) is 13.2 Å². The molecule has 5 N–H and O–H groups in total. The first-order valence-corrected chi connectivity index (χ1v) is 9.33. The number of nitrogen functional groups attached to an aromatic ring is 1. The molecule has 0 atom stereocenters. The van der Waals surface area contributed by atoms with Crippen LogP contribution in [0.1, 0.15) is 19.3 Å². The summed E-state index contributed by atoms with van der Waals surface area (Å²) in [6.45, 7) is 1.02. The molecule has 136 valence electrons. The lowest BCUT2D eigenvalue weighted by Gasteiger charge is -2.30. The van der Waals surface area contributed by atoms with Crippen molar-refractivity contribution in [3.63, 3.8) is 0 Å². The molecule has 12 heteroatoms. The van der Waals surface area contributed by atoms with Crippen LogP contribution in [0.2, 0.25) is 0 Å². The van der Waals surface area contributed by atoms with E-state index < -0.39 is 10.2 Å². The Morgan fingerprint density at radius 1 is 1.28 bits per heavy atom. The van der Waals surface area contributed by atoms with E-state index in [4.69, 9.17) is 10.9 Å². The predicted molar refractivity (Wildman–Crippen MR) is 90.2 cm³/mol. The van der Waals surface area contributed by atoms with Crippen LogP contribution in [0.15, 0.2) is 12.7 Å². The normalized spacial score (nSPS) is 17.0. The molecule has 1 saturated heterocycles. The first-order valence-electron chi connectivity index (χ1n) is 7.83. The number of rotatable bonds is 5. The highest BCUT2D eigenvalue weighted by atomic mass is 32.2. The molecule has 0 aromatic carbocycles. The zero-order valence-electron chi connectivity index (χ0n) is 13.5. The average molecular weight is 368 g/mol. The summed E-state index contributed by atoms with van der Waals surface area (Å²) in [5.41, 5.74) is 6.93. The highest BCUT2D eigenvalue weighted by Crippen LogP contribution is 2.16. The largest absolute Gasteiger partial charge is 0.382 e. The second kappa shape index (κ2) is 6.90. The summed E-state index contributed by atoms with van der Waals surface area (Å²) >= 11 is 0. The number of nitrogens with two attached hydrogens (primary N) is 2. The minimum Gasteiger partial charge on any atom is -0.382 e. The van der Waals surface area contributed by atoms with Crippen LogP contribution in [0.5, 0.6) is 0 Å². The van der Waals surface area contributed by atoms with Crippen LogP contribution < -0.4 is 16.2 Å². The van der Waals surface area contributed by atoms with Crippen LogP contribution in [-0.2, 0) is 21.5 Å². The third kappa shape index (κ3) is 4.03. The highest BCUT2D eigenvalue weighted by molar-refractivity contribution is 7.86. The van der Waals surface area contributed by atoms with Gasteiger partial charge in [0, 0.05) is 32.1 Å². The molecule has 0 unspecified atom stereocenters. The van der Waals surface area contributed by atoms with E-state index >= 15 is 0 Å². The van der Waals surface area contributed by atoms with Crippen molar-refractivity contribution in [1.82, 2.24) is 29.1 Å². The third-order valence-electron chi connectivity index (χ3n) is 4.20. The van der Waals surface area contributed by atoms with Gasteiger partial charge in [-0.2, -0.15) is 12.7 Å². The maximum absolute atomic E-state index is 12.1. The van der Waals surface area contributed by atoms with Crippen LogP contribution >= 0.6 is 0 Å². The van der Waals surface area contributed by atoms with Gasteiger partial charge in [-0.15, -0.1) is 0 Å². The van der Waals surface area contributed by atoms with Crippen molar-refractivity contribution in [1.29, 1.82) is 0 Å². The molecule has 11 nitrogen and oxygen atoms in total. The number of hydrogen-bond donors (Lipinski definition) is 3. The Kier molecular flexibility index (Phi) is 4.83. The lowest BCUT2D eigenvalue weighted by molar-refractivity contribution is -0.122. The van der Waals surface area contributed by atoms with Gasteiger partial charge in [0.25, 0.3) is 10.2 Å². The first-order chi connectivity index (χ1) is 11.8. The van der Waals surface area contributed by atoms with Gasteiger partial charge >= 0.3 is 0 Å². The number of amides is 1. The van der Waals surface area contributed by atoms with Crippen molar-refractivity contribution in [3.05, 3.63) is 12.7 Å². The topological polar surface area (TPSA) is 162 Å². The standard InChI is InChI=1S/C13H20N8O3S/c14-12-11-13(17-7-16-12)18-8-20(11)4-3-10(22)19-9-1-5-21(6-2-9)25(15,23)24/h7-9H,1-6H2,(H,19,22)(H2,14,16,17)(H2,15,23,24). The molecule has 3 heterocycles. The van der Waals surface area contributed by atoms with Gasteiger partial charge in [-0.3, -0.25) is 4.79 Å². The Morgan fingerprint density at radius 2 is 2.00 bits per heavy atom. The fourth-order valence-corrected chi connectivity index (χ4v) is 3.60. The van der Waals surface area contributed by atoms with Crippen molar-refractivity contribution in [2.75, 3.05) is 18.8 Å². The van der Waals surface area contributed by atoms with E-state index in [-0.39, 0.29) is 18.4 Å². The number of carbonyl (C=O) groups is 1. The molecule has 2 aromatic heterocycles. The minimum absolute atomic E-state index is 0.0570. The van der Waals surface area contributed by atoms with Crippen LogP contribution in [0, 0.1) is 0 Å². The number of fused-ring (bicyclic) bond motifs is 1. The number of hydrogen-bond acceptors (Lipinski definition) is 7. The van der Waals surface area contributed by atoms with Gasteiger partial charge in [0.15, 0.2) is 11.5 Å². The molecular weight excluding hydrogens is 348 g/mol. The molecule has 1 aliphatic rings. The summed E-state index contributed by atoms with van der Waals surface area (Å²) in [5.74, 6) is 0.199. The summed E-state index contributed by atoms with van der Waals surface area (Å²) in [4.78, 5) is 24.2. The number of nitrogens with zero attached hydrogens (tertiary/aromatic N) is 5. The van der Waals surface area contributed by atoms with Gasteiger partial charge < -0.3 is 15.6 Å². The zero-order valence-corrected chi connectivity index (χ0v) is 14.3. The van der Waals surface area contributed by atoms with Crippen molar-refractivity contribution in [3.8, 4) is 0 Å². The Hall–Kier alpha value is -2.31. The summed E-state index contributed by atoms with van der Waals surface area (Å²) in [6, 6.07) is -0.0570. The van der Waals surface area contributed by atoms with Gasteiger partial charge in [0.2, 0.25) is 5.91 Å². The highest BCUT2D eigenvalue weighted by Gasteiger charge is 2.26. The monoisotopic (exact) mass is 368 g/mol. The van der Waals surface area contributed by atoms with E-state index in [1.807, 2.05) is 0 Å². The second-order valence-corrected chi connectivity index (χ2v) is 7.45. The van der Waals surface area contributed by atoms with Crippen LogP contribution in [0.25, 0.3) is 11.2 Å². The average Bonchev–Trinajstić information content (AvgIpc) is 2.97. The molecule has 3 rings (SSSR count). The number of aryl methyl sites for hydroxylation is 1. The molecule has 2 aromatic rings. The smallest absolute Gasteiger partial charge is 0.276 e. The van der Waals surface area contributed by atoms with Crippen LogP contribution in [0.4, 0.5) is 5.82 Å². The van der Waals surface area contributed by atoms with Crippen molar-refractivity contribution >= 4 is 33.1 Å². The summed E-state index contributed by atoms with van der Waals surface area (Å²) < 4.78 is 25.5. The minimum atomic E-state index is -3.66. The van der Waals surface area contributed by atoms with Gasteiger partial charge in [0.1, 0.15) is 11.8 Å². The lowest BCUT2D eigenvalue weighted by Crippen LogP contribution is -2.48. The van der Waals surface area contributed by atoms with Crippen LogP contribution in [-0.4, -0.2) is 57.3 Å². The number of piperidine rings is 1. The van der Waals surface area contributed by atoms with E-state index in [1.165, 1.54) is 10.6 Å². The fraction of sp³-hybridized carbons (Fsp3) is 0.538. The van der Waals surface area contributed by atoms with E-state index in [2.05, 4.69) is 20.3 Å². The number of imidazole rings is 1. The summed E-state index contributed by atoms with van der Waals surface area (Å²) in [7, 11) is -3.66. The van der Waals surface area contributed by atoms with Crippen molar-refractivity contribution in [2.45, 2.75) is 31.8 Å². The molecule has 1 fully saturated rings. The Balaban J connectivity index is 1.52. The van der Waals surface area contributed by atoms with E-state index in [0.29, 0.717) is 49.5 Å². The number of carbonyl (C=O) groups excluding carboxylic acids is 1. The van der Waals surface area contributed by atoms with Gasteiger partial charge in [-0.05, 0) is 12.8 Å². The maximum Gasteiger partial charge on any atom is 0.276 e. The molecule has 0 spiro atoms. The quantitative estimate of drug-likeness (QED) is 0.583. The van der Waals surface area contributed by atoms with E-state index in [1.54, 1.807) is 10.9 Å². The summed E-state index contributed by atoms with van der Waals surface area (Å²) in [5, 5.41) is 8.02. The molecule has 1 aliphatic heterocycles. The predicted octanol–water partition coefficient (Wildman–Crippen LogP) is -1.42.